The predicted octanol–water partition coefficient (Wildman–Crippen LogP) is 9.75. The van der Waals surface area contributed by atoms with Gasteiger partial charge in [-0.15, -0.1) is 0 Å². The van der Waals surface area contributed by atoms with Crippen molar-refractivity contribution in [3.63, 3.8) is 0 Å². The van der Waals surface area contributed by atoms with Gasteiger partial charge in [-0.05, 0) is 117 Å². The lowest BCUT2D eigenvalue weighted by molar-refractivity contribution is -0.141. The summed E-state index contributed by atoms with van der Waals surface area (Å²) in [5, 5.41) is 0. The molecule has 1 atom stereocenters. The van der Waals surface area contributed by atoms with E-state index in [4.69, 9.17) is 9.47 Å². The van der Waals surface area contributed by atoms with E-state index in [0.29, 0.717) is 41.7 Å². The molecule has 0 saturated heterocycles. The van der Waals surface area contributed by atoms with Gasteiger partial charge in [0.2, 0.25) is 0 Å². The van der Waals surface area contributed by atoms with E-state index in [1.165, 1.54) is 31.7 Å². The topological polar surface area (TPSA) is 35.5 Å². The van der Waals surface area contributed by atoms with E-state index in [1.54, 1.807) is 20.1 Å². The Bertz CT molecular complexity index is 1160. The second-order valence-corrected chi connectivity index (χ2v) is 12.6. The molecule has 2 aliphatic rings. The summed E-state index contributed by atoms with van der Waals surface area (Å²) in [5.41, 5.74) is 3.28. The average Bonchev–Trinajstić information content (AvgIpc) is 2.97. The molecule has 1 unspecified atom stereocenters. The Morgan fingerprint density at radius 2 is 1.59 bits per heavy atom. The van der Waals surface area contributed by atoms with Crippen molar-refractivity contribution in [2.24, 2.45) is 17.8 Å². The van der Waals surface area contributed by atoms with Gasteiger partial charge >= 0.3 is 5.97 Å². The van der Waals surface area contributed by atoms with Crippen molar-refractivity contribution in [2.45, 2.75) is 96.3 Å². The highest BCUT2D eigenvalue weighted by Gasteiger charge is 2.28. The highest BCUT2D eigenvalue weighted by atomic mass is 19.1. The summed E-state index contributed by atoms with van der Waals surface area (Å²) >= 11 is 0. The van der Waals surface area contributed by atoms with Crippen LogP contribution in [-0.4, -0.2) is 26.3 Å². The number of carbonyl (C=O) groups is 1. The monoisotopic (exact) mass is 566 g/mol. The first-order valence-electron chi connectivity index (χ1n) is 15.7. The van der Waals surface area contributed by atoms with E-state index >= 15 is 8.78 Å². The number of rotatable bonds is 12. The molecule has 41 heavy (non-hydrogen) atoms. The first kappa shape index (κ1) is 31.4. The van der Waals surface area contributed by atoms with Crippen molar-refractivity contribution in [1.29, 1.82) is 0 Å². The Hall–Kier alpha value is -2.53. The second kappa shape index (κ2) is 15.1. The molecule has 2 fully saturated rings. The molecule has 4 rings (SSSR count). The second-order valence-electron chi connectivity index (χ2n) is 12.6. The first-order chi connectivity index (χ1) is 19.8. The summed E-state index contributed by atoms with van der Waals surface area (Å²) in [7, 11) is 1.66. The molecule has 0 bridgehead atoms. The number of hydrogen-bond donors (Lipinski definition) is 0. The Labute approximate surface area is 245 Å². The third-order valence-corrected chi connectivity index (χ3v) is 9.47. The van der Waals surface area contributed by atoms with E-state index in [1.807, 2.05) is 24.3 Å². The Kier molecular flexibility index (Phi) is 11.6. The summed E-state index contributed by atoms with van der Waals surface area (Å²) in [6.45, 7) is 8.40. The lowest BCUT2D eigenvalue weighted by Crippen LogP contribution is -2.24. The number of esters is 1. The molecule has 2 aliphatic carbocycles. The normalized spacial score (nSPS) is 23.6. The number of halogens is 2. The predicted molar refractivity (Wildman–Crippen MR) is 162 cm³/mol. The van der Waals surface area contributed by atoms with E-state index in [9.17, 15) is 4.79 Å². The van der Waals surface area contributed by atoms with Gasteiger partial charge < -0.3 is 9.47 Å². The smallest absolute Gasteiger partial charge is 0.333 e. The van der Waals surface area contributed by atoms with Crippen molar-refractivity contribution in [3.8, 4) is 11.1 Å². The third-order valence-electron chi connectivity index (χ3n) is 9.47. The van der Waals surface area contributed by atoms with Crippen molar-refractivity contribution in [3.05, 3.63) is 71.3 Å². The fraction of sp³-hybridized carbons (Fsp3) is 0.583. The van der Waals surface area contributed by atoms with Crippen LogP contribution >= 0.6 is 0 Å². The van der Waals surface area contributed by atoms with Gasteiger partial charge in [0.1, 0.15) is 11.6 Å². The van der Waals surface area contributed by atoms with Crippen LogP contribution in [0.2, 0.25) is 0 Å². The minimum atomic E-state index is -0.366. The molecule has 5 heteroatoms. The van der Waals surface area contributed by atoms with E-state index in [0.717, 1.165) is 62.0 Å². The van der Waals surface area contributed by atoms with Crippen LogP contribution in [0.4, 0.5) is 8.78 Å². The van der Waals surface area contributed by atoms with Crippen LogP contribution in [0.1, 0.15) is 107 Å². The molecule has 0 heterocycles. The third kappa shape index (κ3) is 8.50. The molecular formula is C36H48F2O3. The maximum Gasteiger partial charge on any atom is 0.333 e. The zero-order valence-corrected chi connectivity index (χ0v) is 25.2. The van der Waals surface area contributed by atoms with E-state index < -0.39 is 0 Å². The lowest BCUT2D eigenvalue weighted by Gasteiger charge is -2.31. The van der Waals surface area contributed by atoms with Crippen LogP contribution in [0.3, 0.4) is 0 Å². The SMILES string of the molecule is C=C(C)C(=O)OCC(COC)CC1CCC(c2ccc(-c3ccc(C4CCC(CCC)CC4)cc3F)cc2F)CC1. The van der Waals surface area contributed by atoms with Crippen LogP contribution in [0.5, 0.6) is 0 Å². The van der Waals surface area contributed by atoms with Gasteiger partial charge in [0, 0.05) is 24.2 Å². The van der Waals surface area contributed by atoms with Gasteiger partial charge in [0.15, 0.2) is 0 Å². The fourth-order valence-corrected chi connectivity index (χ4v) is 7.16. The largest absolute Gasteiger partial charge is 0.462 e. The molecular weight excluding hydrogens is 518 g/mol. The van der Waals surface area contributed by atoms with Gasteiger partial charge in [0.05, 0.1) is 13.2 Å². The van der Waals surface area contributed by atoms with Crippen LogP contribution < -0.4 is 0 Å². The molecule has 2 aromatic carbocycles. The van der Waals surface area contributed by atoms with Crippen LogP contribution in [0, 0.1) is 29.4 Å². The minimum Gasteiger partial charge on any atom is -0.462 e. The maximum absolute atomic E-state index is 15.4. The Morgan fingerprint density at radius 1 is 0.902 bits per heavy atom. The fourth-order valence-electron chi connectivity index (χ4n) is 7.16. The minimum absolute atomic E-state index is 0.137. The molecule has 0 aliphatic heterocycles. The Morgan fingerprint density at radius 3 is 2.20 bits per heavy atom. The van der Waals surface area contributed by atoms with Crippen molar-refractivity contribution in [1.82, 2.24) is 0 Å². The quantitative estimate of drug-likeness (QED) is 0.189. The highest BCUT2D eigenvalue weighted by molar-refractivity contribution is 5.86. The van der Waals surface area contributed by atoms with Gasteiger partial charge in [-0.3, -0.25) is 0 Å². The molecule has 3 nitrogen and oxygen atoms in total. The summed E-state index contributed by atoms with van der Waals surface area (Å²) in [6, 6.07) is 10.8. The molecule has 0 radical (unpaired) electrons. The van der Waals surface area contributed by atoms with Crippen molar-refractivity contribution >= 4 is 5.97 Å². The summed E-state index contributed by atoms with van der Waals surface area (Å²) in [4.78, 5) is 11.8. The zero-order valence-electron chi connectivity index (χ0n) is 25.2. The first-order valence-corrected chi connectivity index (χ1v) is 15.7. The summed E-state index contributed by atoms with van der Waals surface area (Å²) in [5.74, 6) is 1.18. The van der Waals surface area contributed by atoms with Crippen molar-refractivity contribution in [2.75, 3.05) is 20.3 Å². The van der Waals surface area contributed by atoms with Gasteiger partial charge in [0.25, 0.3) is 0 Å². The molecule has 224 valence electrons. The Balaban J connectivity index is 1.33. The van der Waals surface area contributed by atoms with Gasteiger partial charge in [-0.2, -0.15) is 0 Å². The standard InChI is InChI=1S/C36H48F2O3/c1-5-6-25-7-11-28(12-8-25)30-15-17-33(34(37)20-30)31-16-18-32(35(38)21-31)29-13-9-26(10-14-29)19-27(22-40-4)23-41-36(39)24(2)3/h15-18,20-21,25-29H,2,5-14,19,22-23H2,1,3-4H3. The molecule has 0 N–H and O–H groups in total. The van der Waals surface area contributed by atoms with Gasteiger partial charge in [-0.25, -0.2) is 13.6 Å². The molecule has 0 amide bonds. The lowest BCUT2D eigenvalue weighted by atomic mass is 9.75. The summed E-state index contributed by atoms with van der Waals surface area (Å²) < 4.78 is 41.4. The highest BCUT2D eigenvalue weighted by Crippen LogP contribution is 2.41. The zero-order chi connectivity index (χ0) is 29.4. The van der Waals surface area contributed by atoms with Crippen LogP contribution in [-0.2, 0) is 14.3 Å². The van der Waals surface area contributed by atoms with Crippen molar-refractivity contribution < 1.29 is 23.0 Å². The van der Waals surface area contributed by atoms with Crippen LogP contribution in [0.25, 0.3) is 11.1 Å². The van der Waals surface area contributed by atoms with E-state index in [2.05, 4.69) is 13.5 Å². The number of hydrogen-bond acceptors (Lipinski definition) is 3. The van der Waals surface area contributed by atoms with Gasteiger partial charge in [-0.1, -0.05) is 50.6 Å². The summed E-state index contributed by atoms with van der Waals surface area (Å²) in [6.07, 6.45) is 12.0. The number of benzene rings is 2. The number of carbonyl (C=O) groups excluding carboxylic acids is 1. The molecule has 2 aromatic rings. The van der Waals surface area contributed by atoms with Crippen LogP contribution in [0.15, 0.2) is 48.6 Å². The molecule has 0 spiro atoms. The molecule has 0 aromatic heterocycles. The number of methoxy groups -OCH3 is 1. The molecule has 2 saturated carbocycles. The van der Waals surface area contributed by atoms with E-state index in [-0.39, 0.29) is 29.4 Å². The number of ether oxygens (including phenoxy) is 2. The maximum atomic E-state index is 15.4. The average molecular weight is 567 g/mol.